The van der Waals surface area contributed by atoms with Crippen LogP contribution >= 0.6 is 0 Å². The number of nitrogens with one attached hydrogen (secondary N) is 1. The highest BCUT2D eigenvalue weighted by atomic mass is 19.1. The van der Waals surface area contributed by atoms with Crippen molar-refractivity contribution in [3.8, 4) is 11.4 Å². The van der Waals surface area contributed by atoms with Gasteiger partial charge in [-0.1, -0.05) is 51.1 Å². The van der Waals surface area contributed by atoms with Crippen LogP contribution < -0.4 is 5.32 Å². The maximum absolute atomic E-state index is 14.9. The molecule has 0 radical (unpaired) electrons. The molecule has 2 N–H and O–H groups in total. The highest BCUT2D eigenvalue weighted by Crippen LogP contribution is 2.49. The fourth-order valence-corrected chi connectivity index (χ4v) is 6.27. The second kappa shape index (κ2) is 12.0. The first-order valence-electron chi connectivity index (χ1n) is 14.4. The summed E-state index contributed by atoms with van der Waals surface area (Å²) in [4.78, 5) is 31.2. The van der Waals surface area contributed by atoms with Crippen LogP contribution in [0.5, 0.6) is 0 Å². The Kier molecular flexibility index (Phi) is 8.51. The Morgan fingerprint density at radius 2 is 1.91 bits per heavy atom. The molecule has 2 fully saturated rings. The average Bonchev–Trinajstić information content (AvgIpc) is 3.69. The lowest BCUT2D eigenvalue weighted by atomic mass is 9.68. The highest BCUT2D eigenvalue weighted by molar-refractivity contribution is 5.87. The van der Waals surface area contributed by atoms with Crippen LogP contribution in [0.1, 0.15) is 50.9 Å². The molecule has 43 heavy (non-hydrogen) atoms. The number of ether oxygens (including phenoxy) is 1. The van der Waals surface area contributed by atoms with E-state index in [2.05, 4.69) is 10.4 Å². The Labute approximate surface area is 248 Å². The minimum atomic E-state index is -1.42. The summed E-state index contributed by atoms with van der Waals surface area (Å²) in [6.07, 6.45) is -1.69. The molecule has 0 aliphatic carbocycles. The Morgan fingerprint density at radius 1 is 1.16 bits per heavy atom. The van der Waals surface area contributed by atoms with E-state index in [-0.39, 0.29) is 37.6 Å². The van der Waals surface area contributed by atoms with Crippen LogP contribution in [0.15, 0.2) is 48.5 Å². The molecule has 2 aliphatic heterocycles. The van der Waals surface area contributed by atoms with Crippen molar-refractivity contribution >= 4 is 12.0 Å². The minimum Gasteiger partial charge on any atom is -0.465 e. The van der Waals surface area contributed by atoms with Gasteiger partial charge < -0.3 is 20.1 Å². The van der Waals surface area contributed by atoms with Gasteiger partial charge >= 0.3 is 6.09 Å². The molecule has 2 aromatic carbocycles. The molecular formula is C31H36F3N5O4. The normalized spacial score (nSPS) is 23.0. The first-order chi connectivity index (χ1) is 20.4. The second-order valence-electron chi connectivity index (χ2n) is 12.4. The van der Waals surface area contributed by atoms with E-state index in [1.807, 2.05) is 51.1 Å². The SMILES string of the molecule is CC(C)(C)C(c1nc(-c2cc(F)ccc2F)nn1Cc1ccccc1)[C@]1(C(=O)NCC2CN(C(=O)O)CC2F)CCCO1. The van der Waals surface area contributed by atoms with Crippen molar-refractivity contribution in [3.05, 3.63) is 71.6 Å². The number of carbonyl (C=O) groups excluding carboxylic acids is 1. The zero-order chi connectivity index (χ0) is 30.9. The lowest BCUT2D eigenvalue weighted by Crippen LogP contribution is -2.55. The van der Waals surface area contributed by atoms with Crippen molar-refractivity contribution in [2.75, 3.05) is 26.2 Å². The Bertz CT molecular complexity index is 1470. The van der Waals surface area contributed by atoms with Crippen molar-refractivity contribution in [2.24, 2.45) is 11.3 Å². The summed E-state index contributed by atoms with van der Waals surface area (Å²) in [5, 5.41) is 16.7. The predicted octanol–water partition coefficient (Wildman–Crippen LogP) is 5.01. The first kappa shape index (κ1) is 30.5. The van der Waals surface area contributed by atoms with Crippen molar-refractivity contribution in [3.63, 3.8) is 0 Å². The number of halogens is 3. The summed E-state index contributed by atoms with van der Waals surface area (Å²) in [7, 11) is 0. The van der Waals surface area contributed by atoms with Gasteiger partial charge in [-0.25, -0.2) is 27.6 Å². The zero-order valence-corrected chi connectivity index (χ0v) is 24.4. The molecule has 0 saturated carbocycles. The van der Waals surface area contributed by atoms with Gasteiger partial charge in [0.25, 0.3) is 5.91 Å². The molecule has 0 bridgehead atoms. The van der Waals surface area contributed by atoms with Crippen LogP contribution in [0.2, 0.25) is 0 Å². The summed E-state index contributed by atoms with van der Waals surface area (Å²) in [5.41, 5.74) is -1.29. The Balaban J connectivity index is 1.55. The van der Waals surface area contributed by atoms with E-state index >= 15 is 0 Å². The van der Waals surface area contributed by atoms with Gasteiger partial charge in [-0.2, -0.15) is 5.10 Å². The second-order valence-corrected chi connectivity index (χ2v) is 12.4. The number of aromatic nitrogens is 3. The van der Waals surface area contributed by atoms with E-state index in [4.69, 9.17) is 9.72 Å². The number of carboxylic acid groups (broad SMARTS) is 1. The van der Waals surface area contributed by atoms with Crippen LogP contribution in [0.4, 0.5) is 18.0 Å². The fourth-order valence-electron chi connectivity index (χ4n) is 6.27. The quantitative estimate of drug-likeness (QED) is 0.377. The van der Waals surface area contributed by atoms with Gasteiger partial charge in [0.05, 0.1) is 24.6 Å². The molecule has 2 saturated heterocycles. The fraction of sp³-hybridized carbons (Fsp3) is 0.484. The molecule has 12 heteroatoms. The maximum Gasteiger partial charge on any atom is 0.407 e. The van der Waals surface area contributed by atoms with Gasteiger partial charge in [0.2, 0.25) is 0 Å². The molecule has 9 nitrogen and oxygen atoms in total. The summed E-state index contributed by atoms with van der Waals surface area (Å²) < 4.78 is 51.6. The number of likely N-dealkylation sites (tertiary alicyclic amines) is 1. The molecular weight excluding hydrogens is 563 g/mol. The van der Waals surface area contributed by atoms with E-state index in [0.717, 1.165) is 28.7 Å². The van der Waals surface area contributed by atoms with Gasteiger partial charge in [-0.05, 0) is 42.0 Å². The van der Waals surface area contributed by atoms with Crippen LogP contribution in [-0.4, -0.2) is 74.8 Å². The number of hydrogen-bond acceptors (Lipinski definition) is 5. The predicted molar refractivity (Wildman–Crippen MR) is 152 cm³/mol. The van der Waals surface area contributed by atoms with Gasteiger partial charge in [0.15, 0.2) is 11.4 Å². The maximum atomic E-state index is 14.9. The van der Waals surface area contributed by atoms with E-state index < -0.39 is 52.7 Å². The van der Waals surface area contributed by atoms with Crippen molar-refractivity contribution in [1.29, 1.82) is 0 Å². The monoisotopic (exact) mass is 599 g/mol. The number of hydrogen-bond donors (Lipinski definition) is 2. The molecule has 2 amide bonds. The number of carbonyl (C=O) groups is 2. The molecule has 3 unspecified atom stereocenters. The van der Waals surface area contributed by atoms with E-state index in [1.54, 1.807) is 4.68 Å². The number of nitrogens with zero attached hydrogens (tertiary/aromatic N) is 4. The third kappa shape index (κ3) is 6.24. The summed E-state index contributed by atoms with van der Waals surface area (Å²) >= 11 is 0. The van der Waals surface area contributed by atoms with Gasteiger partial charge in [-0.3, -0.25) is 4.79 Å². The average molecular weight is 600 g/mol. The standard InChI is InChI=1S/C31H36F3N5O4/c1-30(2,3)25(31(12-7-13-43-31)28(40)35-15-20-17-38(29(41)42)18-24(20)34)27-36-26(22-14-21(32)10-11-23(22)33)37-39(27)16-19-8-5-4-6-9-19/h4-6,8-11,14,20,24-25H,7,12-13,15-18H2,1-3H3,(H,35,40)(H,41,42)/t20?,24?,25?,31-/m0/s1. The Morgan fingerprint density at radius 3 is 2.53 bits per heavy atom. The van der Waals surface area contributed by atoms with Crippen LogP contribution in [0, 0.1) is 23.0 Å². The van der Waals surface area contributed by atoms with Crippen LogP contribution in [0.3, 0.4) is 0 Å². The van der Waals surface area contributed by atoms with Crippen molar-refractivity contribution < 1.29 is 32.6 Å². The van der Waals surface area contributed by atoms with E-state index in [0.29, 0.717) is 25.3 Å². The summed E-state index contributed by atoms with van der Waals surface area (Å²) in [6.45, 7) is 6.04. The highest BCUT2D eigenvalue weighted by Gasteiger charge is 2.56. The minimum absolute atomic E-state index is 0.0225. The van der Waals surface area contributed by atoms with Gasteiger partial charge in [0.1, 0.15) is 23.6 Å². The number of rotatable bonds is 8. The molecule has 0 spiro atoms. The summed E-state index contributed by atoms with van der Waals surface area (Å²) in [6, 6.07) is 12.5. The lowest BCUT2D eigenvalue weighted by molar-refractivity contribution is -0.149. The third-order valence-corrected chi connectivity index (χ3v) is 8.23. The van der Waals surface area contributed by atoms with Crippen LogP contribution in [-0.2, 0) is 16.1 Å². The number of amides is 2. The van der Waals surface area contributed by atoms with E-state index in [9.17, 15) is 27.9 Å². The smallest absolute Gasteiger partial charge is 0.407 e. The summed E-state index contributed by atoms with van der Waals surface area (Å²) in [5.74, 6) is -2.84. The van der Waals surface area contributed by atoms with Crippen molar-refractivity contribution in [2.45, 2.75) is 57.8 Å². The van der Waals surface area contributed by atoms with Gasteiger partial charge in [-0.15, -0.1) is 0 Å². The molecule has 5 rings (SSSR count). The Hall–Kier alpha value is -3.93. The molecule has 4 atom stereocenters. The third-order valence-electron chi connectivity index (χ3n) is 8.23. The molecule has 2 aliphatic rings. The number of benzene rings is 2. The number of alkyl halides is 1. The van der Waals surface area contributed by atoms with Crippen molar-refractivity contribution in [1.82, 2.24) is 25.0 Å². The molecule has 230 valence electrons. The first-order valence-corrected chi connectivity index (χ1v) is 14.4. The van der Waals surface area contributed by atoms with Crippen LogP contribution in [0.25, 0.3) is 11.4 Å². The largest absolute Gasteiger partial charge is 0.465 e. The molecule has 3 aromatic rings. The van der Waals surface area contributed by atoms with Gasteiger partial charge in [0, 0.05) is 25.6 Å². The topological polar surface area (TPSA) is 110 Å². The molecule has 3 heterocycles. The molecule has 1 aromatic heterocycles. The zero-order valence-electron chi connectivity index (χ0n) is 24.4. The van der Waals surface area contributed by atoms with E-state index in [1.165, 1.54) is 0 Å². The lowest BCUT2D eigenvalue weighted by Gasteiger charge is -2.42.